The monoisotopic (exact) mass is 295 g/mol. The lowest BCUT2D eigenvalue weighted by atomic mass is 10.3. The van der Waals surface area contributed by atoms with Gasteiger partial charge in [0.1, 0.15) is 12.2 Å². The molecule has 2 atom stereocenters. The molecule has 1 heterocycles. The van der Waals surface area contributed by atoms with Gasteiger partial charge in [-0.25, -0.2) is 0 Å². The Kier molecular flexibility index (Phi) is 5.63. The number of nitrogens with one attached hydrogen (secondary N) is 1. The summed E-state index contributed by atoms with van der Waals surface area (Å²) in [6, 6.07) is 0. The molecule has 0 aliphatic carbocycles. The highest BCUT2D eigenvalue weighted by molar-refractivity contribution is 7.86. The lowest BCUT2D eigenvalue weighted by Gasteiger charge is -2.16. The van der Waals surface area contributed by atoms with E-state index in [0.717, 1.165) is 12.5 Å². The zero-order valence-corrected chi connectivity index (χ0v) is 11.2. The summed E-state index contributed by atoms with van der Waals surface area (Å²) in [4.78, 5) is 0. The van der Waals surface area contributed by atoms with Gasteiger partial charge in [-0.1, -0.05) is 0 Å². The second kappa shape index (κ2) is 5.61. The smallest absolute Gasteiger partial charge is 0.264 e. The quantitative estimate of drug-likeness (QED) is 0.644. The lowest BCUT2D eigenvalue weighted by Crippen LogP contribution is -2.33. The van der Waals surface area contributed by atoms with Crippen LogP contribution in [0.4, 0.5) is 0 Å². The molecule has 7 nitrogen and oxygen atoms in total. The van der Waals surface area contributed by atoms with Gasteiger partial charge in [0.15, 0.2) is 0 Å². The zero-order chi connectivity index (χ0) is 11.7. The van der Waals surface area contributed by atoms with E-state index in [-0.39, 0.29) is 25.5 Å². The van der Waals surface area contributed by atoms with Gasteiger partial charge in [0.05, 0.1) is 12.5 Å². The summed E-state index contributed by atoms with van der Waals surface area (Å²) < 4.78 is 52.7. The Hall–Kier alpha value is 0.0700. The molecule has 0 radical (unpaired) electrons. The molecule has 0 aromatic rings. The highest BCUT2D eigenvalue weighted by Gasteiger charge is 2.34. The van der Waals surface area contributed by atoms with E-state index in [0.29, 0.717) is 0 Å². The van der Waals surface area contributed by atoms with Crippen molar-refractivity contribution in [3.8, 4) is 0 Å². The van der Waals surface area contributed by atoms with E-state index < -0.39 is 32.4 Å². The van der Waals surface area contributed by atoms with Crippen LogP contribution in [0.2, 0.25) is 0 Å². The van der Waals surface area contributed by atoms with Crippen molar-refractivity contribution in [1.82, 2.24) is 5.32 Å². The van der Waals surface area contributed by atoms with Gasteiger partial charge in [0.25, 0.3) is 20.2 Å². The van der Waals surface area contributed by atoms with Gasteiger partial charge in [0.2, 0.25) is 0 Å². The maximum atomic E-state index is 10.8. The number of halogens is 1. The summed E-state index contributed by atoms with van der Waals surface area (Å²) in [5, 5.41) is 2.79. The molecule has 0 unspecified atom stereocenters. The standard InChI is InChI=1S/C6H13NO6S2.ClH/c1-14(8,9)12-5-3-7-4-6(5)13-15(2,10)11;/h5-7H,3-4H2,1-2H3;1H/t5-,6-;/m0./s1. The van der Waals surface area contributed by atoms with Gasteiger partial charge in [-0.15, -0.1) is 12.4 Å². The van der Waals surface area contributed by atoms with Crippen molar-refractivity contribution in [3.63, 3.8) is 0 Å². The largest absolute Gasteiger partial charge is 0.311 e. The summed E-state index contributed by atoms with van der Waals surface area (Å²) in [7, 11) is -7.22. The summed E-state index contributed by atoms with van der Waals surface area (Å²) in [5.74, 6) is 0. The third kappa shape index (κ3) is 5.97. The Morgan fingerprint density at radius 3 is 1.50 bits per heavy atom. The minimum absolute atomic E-state index is 0. The average Bonchev–Trinajstić information content (AvgIpc) is 2.29. The third-order valence-corrected chi connectivity index (χ3v) is 2.90. The second-order valence-electron chi connectivity index (χ2n) is 3.34. The topological polar surface area (TPSA) is 98.8 Å². The van der Waals surface area contributed by atoms with Gasteiger partial charge < -0.3 is 5.32 Å². The Morgan fingerprint density at radius 1 is 0.938 bits per heavy atom. The Labute approximate surface area is 101 Å². The molecule has 1 rings (SSSR count). The maximum absolute atomic E-state index is 10.8. The molecule has 0 aromatic heterocycles. The van der Waals surface area contributed by atoms with Crippen molar-refractivity contribution in [2.45, 2.75) is 12.2 Å². The molecule has 0 aromatic carbocycles. The van der Waals surface area contributed by atoms with Crippen LogP contribution in [0.25, 0.3) is 0 Å². The van der Waals surface area contributed by atoms with Crippen LogP contribution in [0.3, 0.4) is 0 Å². The van der Waals surface area contributed by atoms with Crippen molar-refractivity contribution in [2.24, 2.45) is 0 Å². The summed E-state index contributed by atoms with van der Waals surface area (Å²) in [6.07, 6.45) is 0.218. The fourth-order valence-corrected chi connectivity index (χ4v) is 2.55. The maximum Gasteiger partial charge on any atom is 0.264 e. The van der Waals surface area contributed by atoms with E-state index in [9.17, 15) is 16.8 Å². The molecule has 1 N–H and O–H groups in total. The first kappa shape index (κ1) is 16.1. The molecule has 1 aliphatic heterocycles. The van der Waals surface area contributed by atoms with Crippen molar-refractivity contribution >= 4 is 32.6 Å². The predicted molar refractivity (Wildman–Crippen MR) is 59.6 cm³/mol. The first-order valence-corrected chi connectivity index (χ1v) is 7.78. The molecular weight excluding hydrogens is 282 g/mol. The molecule has 16 heavy (non-hydrogen) atoms. The van der Waals surface area contributed by atoms with Crippen LogP contribution in [0.5, 0.6) is 0 Å². The molecule has 0 spiro atoms. The zero-order valence-electron chi connectivity index (χ0n) is 8.74. The molecule has 0 amide bonds. The fraction of sp³-hybridized carbons (Fsp3) is 1.00. The predicted octanol–water partition coefficient (Wildman–Crippen LogP) is -1.30. The van der Waals surface area contributed by atoms with Gasteiger partial charge >= 0.3 is 0 Å². The van der Waals surface area contributed by atoms with E-state index in [4.69, 9.17) is 0 Å². The Balaban J connectivity index is 0.00000225. The molecule has 1 fully saturated rings. The van der Waals surface area contributed by atoms with Crippen molar-refractivity contribution in [2.75, 3.05) is 25.6 Å². The minimum Gasteiger partial charge on any atom is -0.311 e. The number of hydrogen-bond acceptors (Lipinski definition) is 7. The number of rotatable bonds is 4. The van der Waals surface area contributed by atoms with Crippen LogP contribution in [0.1, 0.15) is 0 Å². The average molecular weight is 296 g/mol. The number of hydrogen-bond donors (Lipinski definition) is 1. The van der Waals surface area contributed by atoms with E-state index in [2.05, 4.69) is 13.7 Å². The van der Waals surface area contributed by atoms with Gasteiger partial charge in [-0.05, 0) is 0 Å². The highest BCUT2D eigenvalue weighted by Crippen LogP contribution is 2.13. The summed E-state index contributed by atoms with van der Waals surface area (Å²) >= 11 is 0. The molecule has 0 bridgehead atoms. The van der Waals surface area contributed by atoms with Crippen LogP contribution in [0.15, 0.2) is 0 Å². The van der Waals surface area contributed by atoms with Crippen LogP contribution >= 0.6 is 12.4 Å². The SMILES string of the molecule is CS(=O)(=O)O[C@H]1CNC[C@@H]1OS(C)(=O)=O.Cl. The van der Waals surface area contributed by atoms with Crippen LogP contribution in [0, 0.1) is 0 Å². The molecule has 98 valence electrons. The van der Waals surface area contributed by atoms with Crippen molar-refractivity contribution in [1.29, 1.82) is 0 Å². The molecule has 1 aliphatic rings. The second-order valence-corrected chi connectivity index (χ2v) is 6.54. The summed E-state index contributed by atoms with van der Waals surface area (Å²) in [5.41, 5.74) is 0. The van der Waals surface area contributed by atoms with Gasteiger partial charge in [-0.2, -0.15) is 16.8 Å². The minimum atomic E-state index is -3.61. The van der Waals surface area contributed by atoms with Crippen molar-refractivity contribution < 1.29 is 25.2 Å². The first-order chi connectivity index (χ1) is 6.67. The third-order valence-electron chi connectivity index (χ3n) is 1.70. The van der Waals surface area contributed by atoms with E-state index >= 15 is 0 Å². The van der Waals surface area contributed by atoms with Gasteiger partial charge in [-0.3, -0.25) is 8.37 Å². The Bertz CT molecular complexity index is 378. The molecule has 1 saturated heterocycles. The van der Waals surface area contributed by atoms with Crippen LogP contribution in [-0.4, -0.2) is 54.6 Å². The van der Waals surface area contributed by atoms with E-state index in [1.54, 1.807) is 0 Å². The molecule has 10 heteroatoms. The first-order valence-electron chi connectivity index (χ1n) is 4.14. The van der Waals surface area contributed by atoms with Crippen LogP contribution in [-0.2, 0) is 28.6 Å². The van der Waals surface area contributed by atoms with E-state index in [1.165, 1.54) is 0 Å². The van der Waals surface area contributed by atoms with Crippen LogP contribution < -0.4 is 5.32 Å². The van der Waals surface area contributed by atoms with Crippen molar-refractivity contribution in [3.05, 3.63) is 0 Å². The Morgan fingerprint density at radius 2 is 1.25 bits per heavy atom. The molecular formula is C6H14ClNO6S2. The molecule has 0 saturated carbocycles. The van der Waals surface area contributed by atoms with E-state index in [1.807, 2.05) is 0 Å². The summed E-state index contributed by atoms with van der Waals surface area (Å²) in [6.45, 7) is 0.487. The fourth-order valence-electron chi connectivity index (χ4n) is 1.27. The lowest BCUT2D eigenvalue weighted by molar-refractivity contribution is 0.102. The normalized spacial score (nSPS) is 26.4. The highest BCUT2D eigenvalue weighted by atomic mass is 35.5. The van der Waals surface area contributed by atoms with Gasteiger partial charge in [0, 0.05) is 13.1 Å².